The second-order valence-electron chi connectivity index (χ2n) is 5.46. The van der Waals surface area contributed by atoms with E-state index < -0.39 is 0 Å². The quantitative estimate of drug-likeness (QED) is 0.760. The van der Waals surface area contributed by atoms with Gasteiger partial charge in [-0.25, -0.2) is 0 Å². The van der Waals surface area contributed by atoms with Gasteiger partial charge in [0.25, 0.3) is 0 Å². The Morgan fingerprint density at radius 1 is 1.38 bits per heavy atom. The van der Waals surface area contributed by atoms with Crippen molar-refractivity contribution in [2.24, 2.45) is 5.92 Å². The molecule has 0 aliphatic carbocycles. The molecule has 1 saturated heterocycles. The maximum Gasteiger partial charge on any atom is 0.309 e. The lowest BCUT2D eigenvalue weighted by Gasteiger charge is -2.30. The number of ether oxygens (including phenoxy) is 1. The van der Waals surface area contributed by atoms with E-state index in [2.05, 4.69) is 37.5 Å². The molecule has 2 rings (SSSR count). The van der Waals surface area contributed by atoms with Crippen LogP contribution in [0.1, 0.15) is 38.1 Å². The van der Waals surface area contributed by atoms with Gasteiger partial charge < -0.3 is 4.74 Å². The van der Waals surface area contributed by atoms with Gasteiger partial charge in [-0.1, -0.05) is 0 Å². The van der Waals surface area contributed by atoms with Gasteiger partial charge in [0.05, 0.1) is 28.4 Å². The van der Waals surface area contributed by atoms with Gasteiger partial charge in [-0.15, -0.1) is 0 Å². The number of carbonyl (C=O) groups excluding carboxylic acids is 1. The molecule has 0 saturated carbocycles. The lowest BCUT2D eigenvalue weighted by molar-refractivity contribution is -0.149. The first-order valence-electron chi connectivity index (χ1n) is 7.67. The molecule has 0 atom stereocenters. The largest absolute Gasteiger partial charge is 0.466 e. The van der Waals surface area contributed by atoms with Crippen molar-refractivity contribution in [2.75, 3.05) is 19.7 Å². The third-order valence-corrected chi connectivity index (χ3v) is 5.07. The summed E-state index contributed by atoms with van der Waals surface area (Å²) >= 11 is 3.64. The van der Waals surface area contributed by atoms with Crippen LogP contribution >= 0.6 is 15.9 Å². The van der Waals surface area contributed by atoms with E-state index in [0.717, 1.165) is 49.2 Å². The van der Waals surface area contributed by atoms with Crippen LogP contribution in [0.25, 0.3) is 0 Å². The summed E-state index contributed by atoms with van der Waals surface area (Å²) in [7, 11) is 0. The third-order valence-electron chi connectivity index (χ3n) is 4.03. The van der Waals surface area contributed by atoms with Crippen LogP contribution in [-0.4, -0.2) is 40.3 Å². The molecule has 118 valence electrons. The Bertz CT molecular complexity index is 493. The molecule has 0 aromatic carbocycles. The van der Waals surface area contributed by atoms with Gasteiger partial charge in [0.15, 0.2) is 0 Å². The molecule has 1 aromatic heterocycles. The first kappa shape index (κ1) is 16.5. The topological polar surface area (TPSA) is 47.4 Å². The van der Waals surface area contributed by atoms with Gasteiger partial charge in [-0.05, 0) is 62.6 Å². The number of aryl methyl sites for hydroxylation is 2. The molecule has 1 aliphatic rings. The predicted molar refractivity (Wildman–Crippen MR) is 85.0 cm³/mol. The number of esters is 1. The average molecular weight is 358 g/mol. The number of nitrogens with zero attached hydrogens (tertiary/aromatic N) is 3. The molecule has 1 fully saturated rings. The van der Waals surface area contributed by atoms with Crippen LogP contribution in [0.3, 0.4) is 0 Å². The van der Waals surface area contributed by atoms with Gasteiger partial charge in [0.1, 0.15) is 0 Å². The normalized spacial score (nSPS) is 17.1. The van der Waals surface area contributed by atoms with Crippen LogP contribution in [0.5, 0.6) is 0 Å². The van der Waals surface area contributed by atoms with Crippen molar-refractivity contribution >= 4 is 21.9 Å². The van der Waals surface area contributed by atoms with Gasteiger partial charge >= 0.3 is 5.97 Å². The van der Waals surface area contributed by atoms with Crippen molar-refractivity contribution in [3.63, 3.8) is 0 Å². The number of hydrogen-bond donors (Lipinski definition) is 0. The Morgan fingerprint density at radius 2 is 2.05 bits per heavy atom. The van der Waals surface area contributed by atoms with Crippen molar-refractivity contribution in [1.82, 2.24) is 14.7 Å². The third kappa shape index (κ3) is 3.86. The second-order valence-corrected chi connectivity index (χ2v) is 6.26. The molecule has 0 amide bonds. The summed E-state index contributed by atoms with van der Waals surface area (Å²) in [5, 5.41) is 4.53. The van der Waals surface area contributed by atoms with E-state index in [4.69, 9.17) is 4.74 Å². The number of halogens is 1. The number of hydrogen-bond acceptors (Lipinski definition) is 4. The fourth-order valence-corrected chi connectivity index (χ4v) is 3.23. The molecular formula is C15H24BrN3O2. The fraction of sp³-hybridized carbons (Fsp3) is 0.733. The van der Waals surface area contributed by atoms with Crippen LogP contribution in [0, 0.1) is 12.8 Å². The van der Waals surface area contributed by atoms with E-state index >= 15 is 0 Å². The van der Waals surface area contributed by atoms with Crippen LogP contribution in [0.4, 0.5) is 0 Å². The number of piperidine rings is 1. The molecule has 0 N–H and O–H groups in total. The lowest BCUT2D eigenvalue weighted by atomic mass is 9.97. The summed E-state index contributed by atoms with van der Waals surface area (Å²) in [6, 6.07) is 0. The highest BCUT2D eigenvalue weighted by Gasteiger charge is 2.27. The minimum atomic E-state index is -0.0345. The van der Waals surface area contributed by atoms with Crippen molar-refractivity contribution in [3.8, 4) is 0 Å². The molecule has 1 aliphatic heterocycles. The van der Waals surface area contributed by atoms with E-state index in [-0.39, 0.29) is 11.9 Å². The maximum absolute atomic E-state index is 11.8. The number of aromatic nitrogens is 2. The molecule has 1 aromatic rings. The summed E-state index contributed by atoms with van der Waals surface area (Å²) in [5.74, 6) is 0.0373. The van der Waals surface area contributed by atoms with E-state index in [1.807, 2.05) is 13.8 Å². The van der Waals surface area contributed by atoms with Crippen LogP contribution in [-0.2, 0) is 22.6 Å². The summed E-state index contributed by atoms with van der Waals surface area (Å²) in [6.07, 6.45) is 1.77. The highest BCUT2D eigenvalue weighted by atomic mass is 79.9. The summed E-state index contributed by atoms with van der Waals surface area (Å²) in [6.45, 7) is 10.1. The van der Waals surface area contributed by atoms with E-state index in [1.165, 1.54) is 5.69 Å². The van der Waals surface area contributed by atoms with Crippen LogP contribution in [0.2, 0.25) is 0 Å². The highest BCUT2D eigenvalue weighted by molar-refractivity contribution is 9.10. The Hall–Kier alpha value is -0.880. The maximum atomic E-state index is 11.8. The monoisotopic (exact) mass is 357 g/mol. The standard InChI is InChI=1S/C15H24BrN3O2/c1-4-19-13(14(16)11(3)17-19)10-18-8-6-12(7-9-18)15(20)21-5-2/h12H,4-10H2,1-3H3. The Balaban J connectivity index is 1.93. The highest BCUT2D eigenvalue weighted by Crippen LogP contribution is 2.25. The first-order chi connectivity index (χ1) is 10.1. The minimum absolute atomic E-state index is 0.0345. The molecular weight excluding hydrogens is 334 g/mol. The molecule has 0 bridgehead atoms. The first-order valence-corrected chi connectivity index (χ1v) is 8.46. The summed E-state index contributed by atoms with van der Waals surface area (Å²) < 4.78 is 8.28. The van der Waals surface area contributed by atoms with Crippen LogP contribution in [0.15, 0.2) is 4.47 Å². The fourth-order valence-electron chi connectivity index (χ4n) is 2.82. The molecule has 0 unspecified atom stereocenters. The predicted octanol–water partition coefficient (Wildman–Crippen LogP) is 2.75. The molecule has 0 spiro atoms. The van der Waals surface area contributed by atoms with Crippen molar-refractivity contribution in [3.05, 3.63) is 15.9 Å². The van der Waals surface area contributed by atoms with Gasteiger partial charge in [-0.3, -0.25) is 14.4 Å². The van der Waals surface area contributed by atoms with Gasteiger partial charge in [0.2, 0.25) is 0 Å². The zero-order valence-corrected chi connectivity index (χ0v) is 14.6. The Morgan fingerprint density at radius 3 is 2.62 bits per heavy atom. The summed E-state index contributed by atoms with van der Waals surface area (Å²) in [5.41, 5.74) is 2.26. The number of rotatable bonds is 5. The van der Waals surface area contributed by atoms with Crippen molar-refractivity contribution < 1.29 is 9.53 Å². The number of carbonyl (C=O) groups is 1. The summed E-state index contributed by atoms with van der Waals surface area (Å²) in [4.78, 5) is 14.2. The molecule has 5 nitrogen and oxygen atoms in total. The Kier molecular flexibility index (Phi) is 5.81. The van der Waals surface area contributed by atoms with E-state index in [9.17, 15) is 4.79 Å². The lowest BCUT2D eigenvalue weighted by Crippen LogP contribution is -2.37. The molecule has 2 heterocycles. The van der Waals surface area contributed by atoms with E-state index in [0.29, 0.717) is 6.61 Å². The average Bonchev–Trinajstić information content (AvgIpc) is 2.76. The van der Waals surface area contributed by atoms with Crippen molar-refractivity contribution in [2.45, 2.75) is 46.7 Å². The van der Waals surface area contributed by atoms with Crippen molar-refractivity contribution in [1.29, 1.82) is 0 Å². The van der Waals surface area contributed by atoms with E-state index in [1.54, 1.807) is 0 Å². The molecule has 21 heavy (non-hydrogen) atoms. The number of likely N-dealkylation sites (tertiary alicyclic amines) is 1. The van der Waals surface area contributed by atoms with Gasteiger partial charge in [-0.2, -0.15) is 5.10 Å². The SMILES string of the molecule is CCOC(=O)C1CCN(Cc2c(Br)c(C)nn2CC)CC1. The molecule has 0 radical (unpaired) electrons. The minimum Gasteiger partial charge on any atom is -0.466 e. The zero-order chi connectivity index (χ0) is 15.4. The van der Waals surface area contributed by atoms with Gasteiger partial charge in [0, 0.05) is 13.1 Å². The molecule has 6 heteroatoms. The zero-order valence-electron chi connectivity index (χ0n) is 13.1. The smallest absolute Gasteiger partial charge is 0.309 e. The van der Waals surface area contributed by atoms with Crippen LogP contribution < -0.4 is 0 Å². The second kappa shape index (κ2) is 7.40. The Labute approximate surface area is 134 Å².